The highest BCUT2D eigenvalue weighted by Crippen LogP contribution is 2.11. The summed E-state index contributed by atoms with van der Waals surface area (Å²) in [6.07, 6.45) is 0.731. The summed E-state index contributed by atoms with van der Waals surface area (Å²) in [6.45, 7) is 11.1. The summed E-state index contributed by atoms with van der Waals surface area (Å²) in [5.74, 6) is 0.575. The van der Waals surface area contributed by atoms with Crippen LogP contribution in [0.25, 0.3) is 0 Å². The molecule has 0 aromatic heterocycles. The zero-order chi connectivity index (χ0) is 14.5. The van der Waals surface area contributed by atoms with Gasteiger partial charge in [-0.05, 0) is 27.2 Å². The molecule has 1 rings (SSSR count). The quantitative estimate of drug-likeness (QED) is 0.606. The highest BCUT2D eigenvalue weighted by molar-refractivity contribution is 5.78. The van der Waals surface area contributed by atoms with Crippen molar-refractivity contribution in [1.29, 1.82) is 0 Å². The van der Waals surface area contributed by atoms with Gasteiger partial charge in [0.15, 0.2) is 5.96 Å². The maximum atomic E-state index is 11.9. The van der Waals surface area contributed by atoms with Crippen LogP contribution >= 0.6 is 0 Å². The van der Waals surface area contributed by atoms with Gasteiger partial charge in [0.25, 0.3) is 0 Å². The minimum Gasteiger partial charge on any atom is -0.444 e. The highest BCUT2D eigenvalue weighted by Gasteiger charge is 2.26. The summed E-state index contributed by atoms with van der Waals surface area (Å²) < 4.78 is 5.34. The second kappa shape index (κ2) is 6.63. The molecular weight excluding hydrogens is 244 g/mol. The highest BCUT2D eigenvalue weighted by atomic mass is 16.6. The van der Waals surface area contributed by atoms with Crippen molar-refractivity contribution in [3.8, 4) is 0 Å². The molecular formula is C13H26N4O2. The molecule has 0 bridgehead atoms. The first-order valence-electron chi connectivity index (χ1n) is 6.86. The summed E-state index contributed by atoms with van der Waals surface area (Å²) in [5, 5.41) is 0. The average Bonchev–Trinajstić information content (AvgIpc) is 2.34. The number of aliphatic imine (C=N–C) groups is 1. The van der Waals surface area contributed by atoms with Gasteiger partial charge in [-0.1, -0.05) is 6.92 Å². The lowest BCUT2D eigenvalue weighted by molar-refractivity contribution is 0.0186. The number of hydrogen-bond donors (Lipinski definition) is 1. The van der Waals surface area contributed by atoms with Gasteiger partial charge in [0.1, 0.15) is 5.60 Å². The number of ether oxygens (including phenoxy) is 1. The SMILES string of the molecule is CCCN=C(N)N1CCN(C(=O)OC(C)(C)C)CC1. The zero-order valence-electron chi connectivity index (χ0n) is 12.5. The minimum absolute atomic E-state index is 0.254. The van der Waals surface area contributed by atoms with Crippen LogP contribution in [-0.2, 0) is 4.74 Å². The molecule has 0 aromatic rings. The Morgan fingerprint density at radius 1 is 1.21 bits per heavy atom. The predicted octanol–water partition coefficient (Wildman–Crippen LogP) is 1.26. The third kappa shape index (κ3) is 5.36. The molecule has 6 heteroatoms. The zero-order valence-corrected chi connectivity index (χ0v) is 12.5. The van der Waals surface area contributed by atoms with Gasteiger partial charge < -0.3 is 20.3 Å². The van der Waals surface area contributed by atoms with Gasteiger partial charge in [-0.25, -0.2) is 4.79 Å². The van der Waals surface area contributed by atoms with Crippen LogP contribution in [0.1, 0.15) is 34.1 Å². The van der Waals surface area contributed by atoms with Crippen LogP contribution in [0.5, 0.6) is 0 Å². The molecule has 0 atom stereocenters. The van der Waals surface area contributed by atoms with E-state index < -0.39 is 5.60 Å². The molecule has 0 aliphatic carbocycles. The summed E-state index contributed by atoms with van der Waals surface area (Å²) >= 11 is 0. The molecule has 1 saturated heterocycles. The van der Waals surface area contributed by atoms with Crippen LogP contribution in [0.15, 0.2) is 4.99 Å². The van der Waals surface area contributed by atoms with Crippen molar-refractivity contribution >= 4 is 12.1 Å². The van der Waals surface area contributed by atoms with Crippen LogP contribution in [0.4, 0.5) is 4.79 Å². The van der Waals surface area contributed by atoms with Gasteiger partial charge in [0, 0.05) is 32.7 Å². The maximum absolute atomic E-state index is 11.9. The van der Waals surface area contributed by atoms with Crippen molar-refractivity contribution in [3.63, 3.8) is 0 Å². The summed E-state index contributed by atoms with van der Waals surface area (Å²) in [7, 11) is 0. The Morgan fingerprint density at radius 3 is 2.21 bits per heavy atom. The number of nitrogens with zero attached hydrogens (tertiary/aromatic N) is 3. The molecule has 1 aliphatic heterocycles. The largest absolute Gasteiger partial charge is 0.444 e. The molecule has 0 radical (unpaired) electrons. The van der Waals surface area contributed by atoms with Crippen LogP contribution < -0.4 is 5.73 Å². The fourth-order valence-electron chi connectivity index (χ4n) is 1.77. The van der Waals surface area contributed by atoms with Gasteiger partial charge >= 0.3 is 6.09 Å². The van der Waals surface area contributed by atoms with Gasteiger partial charge in [-0.15, -0.1) is 0 Å². The van der Waals surface area contributed by atoms with Crippen LogP contribution in [0.3, 0.4) is 0 Å². The van der Waals surface area contributed by atoms with E-state index in [0.717, 1.165) is 13.0 Å². The number of piperazine rings is 1. The van der Waals surface area contributed by atoms with Crippen LogP contribution in [-0.4, -0.2) is 60.2 Å². The molecule has 0 unspecified atom stereocenters. The average molecular weight is 270 g/mol. The molecule has 110 valence electrons. The molecule has 1 aliphatic rings. The van der Waals surface area contributed by atoms with Crippen molar-refractivity contribution in [1.82, 2.24) is 9.80 Å². The summed E-state index contributed by atoms with van der Waals surface area (Å²) in [6, 6.07) is 0. The third-order valence-electron chi connectivity index (χ3n) is 2.75. The Bertz CT molecular complexity index is 328. The molecule has 19 heavy (non-hydrogen) atoms. The first-order valence-corrected chi connectivity index (χ1v) is 6.86. The molecule has 0 aromatic carbocycles. The van der Waals surface area contributed by atoms with Crippen molar-refractivity contribution in [2.45, 2.75) is 39.7 Å². The van der Waals surface area contributed by atoms with Crippen molar-refractivity contribution in [2.75, 3.05) is 32.7 Å². The Morgan fingerprint density at radius 2 is 1.74 bits per heavy atom. The Balaban J connectivity index is 2.42. The number of nitrogens with two attached hydrogens (primary N) is 1. The van der Waals surface area contributed by atoms with Crippen LogP contribution in [0, 0.1) is 0 Å². The lowest BCUT2D eigenvalue weighted by atomic mass is 10.2. The number of carbonyl (C=O) groups is 1. The minimum atomic E-state index is -0.449. The first kappa shape index (κ1) is 15.6. The third-order valence-corrected chi connectivity index (χ3v) is 2.75. The fourth-order valence-corrected chi connectivity index (χ4v) is 1.77. The van der Waals surface area contributed by atoms with E-state index in [4.69, 9.17) is 10.5 Å². The van der Waals surface area contributed by atoms with E-state index in [1.807, 2.05) is 25.7 Å². The predicted molar refractivity (Wildman–Crippen MR) is 76.2 cm³/mol. The smallest absolute Gasteiger partial charge is 0.410 e. The molecule has 6 nitrogen and oxygen atoms in total. The fraction of sp³-hybridized carbons (Fsp3) is 0.846. The normalized spacial score (nSPS) is 17.6. The molecule has 0 saturated carbocycles. The number of amides is 1. The van der Waals surface area contributed by atoms with Crippen LogP contribution in [0.2, 0.25) is 0 Å². The molecule has 1 fully saturated rings. The van der Waals surface area contributed by atoms with E-state index in [1.54, 1.807) is 4.90 Å². The van der Waals surface area contributed by atoms with E-state index in [0.29, 0.717) is 32.1 Å². The Kier molecular flexibility index (Phi) is 5.44. The Labute approximate surface area is 115 Å². The topological polar surface area (TPSA) is 71.2 Å². The van der Waals surface area contributed by atoms with E-state index in [9.17, 15) is 4.79 Å². The van der Waals surface area contributed by atoms with Crippen molar-refractivity contribution in [2.24, 2.45) is 10.7 Å². The van der Waals surface area contributed by atoms with Crippen molar-refractivity contribution < 1.29 is 9.53 Å². The van der Waals surface area contributed by atoms with E-state index >= 15 is 0 Å². The number of rotatable bonds is 2. The van der Waals surface area contributed by atoms with Gasteiger partial charge in [-0.3, -0.25) is 4.99 Å². The molecule has 0 spiro atoms. The van der Waals surface area contributed by atoms with Gasteiger partial charge in [0.05, 0.1) is 0 Å². The molecule has 2 N–H and O–H groups in total. The lowest BCUT2D eigenvalue weighted by Crippen LogP contribution is -2.53. The summed E-state index contributed by atoms with van der Waals surface area (Å²) in [5.41, 5.74) is 5.45. The molecule has 1 heterocycles. The Hall–Kier alpha value is -1.46. The second-order valence-electron chi connectivity index (χ2n) is 5.69. The van der Waals surface area contributed by atoms with E-state index in [-0.39, 0.29) is 6.09 Å². The monoisotopic (exact) mass is 270 g/mol. The van der Waals surface area contributed by atoms with Gasteiger partial charge in [-0.2, -0.15) is 0 Å². The first-order chi connectivity index (χ1) is 8.83. The number of carbonyl (C=O) groups excluding carboxylic acids is 1. The maximum Gasteiger partial charge on any atom is 0.410 e. The number of hydrogen-bond acceptors (Lipinski definition) is 3. The second-order valence-corrected chi connectivity index (χ2v) is 5.69. The van der Waals surface area contributed by atoms with E-state index in [1.165, 1.54) is 0 Å². The lowest BCUT2D eigenvalue weighted by Gasteiger charge is -2.36. The number of guanidine groups is 1. The van der Waals surface area contributed by atoms with Gasteiger partial charge in [0.2, 0.25) is 0 Å². The molecule has 1 amide bonds. The standard InChI is InChI=1S/C13H26N4O2/c1-5-6-15-11(14)16-7-9-17(10-8-16)12(18)19-13(2,3)4/h5-10H2,1-4H3,(H2,14,15). The van der Waals surface area contributed by atoms with E-state index in [2.05, 4.69) is 11.9 Å². The van der Waals surface area contributed by atoms with Crippen molar-refractivity contribution in [3.05, 3.63) is 0 Å². The summed E-state index contributed by atoms with van der Waals surface area (Å²) in [4.78, 5) is 19.9.